The maximum Gasteiger partial charge on any atom is 0.231 e. The largest absolute Gasteiger partial charge is 0.396 e. The summed E-state index contributed by atoms with van der Waals surface area (Å²) in [6.45, 7) is 10.9. The van der Waals surface area contributed by atoms with Crippen molar-refractivity contribution < 1.29 is 5.11 Å². The number of aromatic nitrogens is 3. The fourth-order valence-corrected chi connectivity index (χ4v) is 2.00. The number of anilines is 3. The quantitative estimate of drug-likeness (QED) is 0.606. The second-order valence-corrected chi connectivity index (χ2v) is 4.90. The molecule has 0 amide bonds. The van der Waals surface area contributed by atoms with Crippen LogP contribution in [0, 0.1) is 0 Å². The van der Waals surface area contributed by atoms with E-state index in [1.165, 1.54) is 0 Å². The van der Waals surface area contributed by atoms with Gasteiger partial charge >= 0.3 is 0 Å². The lowest BCUT2D eigenvalue weighted by Crippen LogP contribution is -2.26. The highest BCUT2D eigenvalue weighted by Crippen LogP contribution is 2.14. The number of hydrogen-bond acceptors (Lipinski definition) is 7. The number of rotatable bonds is 10. The van der Waals surface area contributed by atoms with Crippen molar-refractivity contribution in [1.82, 2.24) is 15.0 Å². The Labute approximate surface area is 127 Å². The Hall–Kier alpha value is -1.63. The summed E-state index contributed by atoms with van der Waals surface area (Å²) in [4.78, 5) is 15.4. The third-order valence-electron chi connectivity index (χ3n) is 3.18. The Kier molecular flexibility index (Phi) is 7.74. The van der Waals surface area contributed by atoms with E-state index in [-0.39, 0.29) is 12.6 Å². The molecule has 1 heterocycles. The second-order valence-electron chi connectivity index (χ2n) is 4.90. The van der Waals surface area contributed by atoms with Crippen LogP contribution in [0.2, 0.25) is 0 Å². The summed E-state index contributed by atoms with van der Waals surface area (Å²) in [7, 11) is 0. The van der Waals surface area contributed by atoms with Crippen LogP contribution in [0.1, 0.15) is 40.5 Å². The van der Waals surface area contributed by atoms with Gasteiger partial charge in [0.15, 0.2) is 0 Å². The number of aliphatic hydroxyl groups is 1. The maximum absolute atomic E-state index is 8.89. The first-order valence-electron chi connectivity index (χ1n) is 7.76. The van der Waals surface area contributed by atoms with Crippen molar-refractivity contribution in [2.24, 2.45) is 0 Å². The minimum absolute atomic E-state index is 0.205. The van der Waals surface area contributed by atoms with Gasteiger partial charge in [-0.1, -0.05) is 0 Å². The van der Waals surface area contributed by atoms with Crippen molar-refractivity contribution in [3.8, 4) is 0 Å². The van der Waals surface area contributed by atoms with Crippen molar-refractivity contribution in [3.05, 3.63) is 0 Å². The Balaban J connectivity index is 2.90. The highest BCUT2D eigenvalue weighted by Gasteiger charge is 2.12. The van der Waals surface area contributed by atoms with Gasteiger partial charge in [0.1, 0.15) is 0 Å². The Morgan fingerprint density at radius 1 is 1.10 bits per heavy atom. The van der Waals surface area contributed by atoms with Gasteiger partial charge in [-0.3, -0.25) is 0 Å². The first-order chi connectivity index (χ1) is 10.1. The van der Waals surface area contributed by atoms with Crippen LogP contribution in [-0.4, -0.2) is 52.3 Å². The Morgan fingerprint density at radius 2 is 1.76 bits per heavy atom. The van der Waals surface area contributed by atoms with Gasteiger partial charge in [0.2, 0.25) is 17.8 Å². The minimum Gasteiger partial charge on any atom is -0.396 e. The average molecular weight is 296 g/mol. The highest BCUT2D eigenvalue weighted by molar-refractivity contribution is 5.44. The van der Waals surface area contributed by atoms with Gasteiger partial charge < -0.3 is 20.6 Å². The van der Waals surface area contributed by atoms with Crippen LogP contribution >= 0.6 is 0 Å². The zero-order chi connectivity index (χ0) is 15.7. The maximum atomic E-state index is 8.89. The van der Waals surface area contributed by atoms with E-state index in [2.05, 4.69) is 51.3 Å². The molecule has 1 aromatic rings. The summed E-state index contributed by atoms with van der Waals surface area (Å²) in [5.74, 6) is 1.85. The van der Waals surface area contributed by atoms with E-state index in [9.17, 15) is 0 Å². The van der Waals surface area contributed by atoms with Gasteiger partial charge in [-0.05, 0) is 40.5 Å². The molecule has 0 aliphatic heterocycles. The lowest BCUT2D eigenvalue weighted by Gasteiger charge is -2.20. The molecular formula is C14H28N6O. The zero-order valence-corrected chi connectivity index (χ0v) is 13.6. The second kappa shape index (κ2) is 9.33. The average Bonchev–Trinajstić information content (AvgIpc) is 2.46. The number of nitrogens with one attached hydrogen (secondary N) is 2. The molecule has 0 bridgehead atoms. The summed E-state index contributed by atoms with van der Waals surface area (Å²) in [5.41, 5.74) is 0. The molecule has 120 valence electrons. The van der Waals surface area contributed by atoms with E-state index in [4.69, 9.17) is 5.11 Å². The first-order valence-corrected chi connectivity index (χ1v) is 7.76. The van der Waals surface area contributed by atoms with Gasteiger partial charge in [0.05, 0.1) is 0 Å². The molecule has 1 aromatic heterocycles. The molecule has 0 radical (unpaired) electrons. The lowest BCUT2D eigenvalue weighted by atomic mass is 10.2. The first kappa shape index (κ1) is 17.4. The normalized spacial score (nSPS) is 12.0. The van der Waals surface area contributed by atoms with E-state index in [0.29, 0.717) is 17.8 Å². The van der Waals surface area contributed by atoms with Crippen LogP contribution in [0.3, 0.4) is 0 Å². The van der Waals surface area contributed by atoms with Crippen molar-refractivity contribution >= 4 is 17.8 Å². The fraction of sp³-hybridized carbons (Fsp3) is 0.786. The molecule has 1 unspecified atom stereocenters. The van der Waals surface area contributed by atoms with Gasteiger partial charge in [0.25, 0.3) is 0 Å². The van der Waals surface area contributed by atoms with Crippen LogP contribution in [-0.2, 0) is 0 Å². The molecule has 21 heavy (non-hydrogen) atoms. The van der Waals surface area contributed by atoms with E-state index in [1.807, 2.05) is 6.92 Å². The predicted molar refractivity (Wildman–Crippen MR) is 87.0 cm³/mol. The van der Waals surface area contributed by atoms with E-state index in [1.54, 1.807) is 0 Å². The van der Waals surface area contributed by atoms with E-state index < -0.39 is 0 Å². The molecule has 0 aliphatic carbocycles. The predicted octanol–water partition coefficient (Wildman–Crippen LogP) is 1.72. The number of aliphatic hydroxyl groups excluding tert-OH is 1. The Morgan fingerprint density at radius 3 is 2.33 bits per heavy atom. The van der Waals surface area contributed by atoms with Gasteiger partial charge in [-0.2, -0.15) is 15.0 Å². The number of nitrogens with zero attached hydrogens (tertiary/aromatic N) is 4. The summed E-state index contributed by atoms with van der Waals surface area (Å²) in [5, 5.41) is 15.3. The molecule has 7 nitrogen and oxygen atoms in total. The van der Waals surface area contributed by atoms with Crippen molar-refractivity contribution in [3.63, 3.8) is 0 Å². The molecule has 0 saturated heterocycles. The molecule has 0 fully saturated rings. The molecule has 3 N–H and O–H groups in total. The molecule has 0 spiro atoms. The lowest BCUT2D eigenvalue weighted by molar-refractivity contribution is 0.282. The third kappa shape index (κ3) is 5.71. The van der Waals surface area contributed by atoms with Crippen molar-refractivity contribution in [2.75, 3.05) is 41.8 Å². The van der Waals surface area contributed by atoms with Gasteiger partial charge in [-0.25, -0.2) is 0 Å². The highest BCUT2D eigenvalue weighted by atomic mass is 16.2. The van der Waals surface area contributed by atoms with Crippen LogP contribution in [0.25, 0.3) is 0 Å². The molecule has 1 atom stereocenters. The molecule has 7 heteroatoms. The third-order valence-corrected chi connectivity index (χ3v) is 3.18. The molecule has 0 aromatic carbocycles. The molecule has 0 aliphatic rings. The zero-order valence-electron chi connectivity index (χ0n) is 13.6. The summed E-state index contributed by atoms with van der Waals surface area (Å²) >= 11 is 0. The molecule has 0 saturated carbocycles. The van der Waals surface area contributed by atoms with Crippen LogP contribution in [0.15, 0.2) is 0 Å². The minimum atomic E-state index is 0.205. The SMILES string of the molecule is CCNc1nc(NC(C)CCCO)nc(N(CC)CC)n1. The summed E-state index contributed by atoms with van der Waals surface area (Å²) < 4.78 is 0. The van der Waals surface area contributed by atoms with Gasteiger partial charge in [0, 0.05) is 32.3 Å². The van der Waals surface area contributed by atoms with Gasteiger partial charge in [-0.15, -0.1) is 0 Å². The standard InChI is InChI=1S/C14H28N6O/c1-5-15-12-17-13(16-11(4)9-8-10-21)19-14(18-12)20(6-2)7-3/h11,21H,5-10H2,1-4H3,(H2,15,16,17,18,19). The fourth-order valence-electron chi connectivity index (χ4n) is 2.00. The van der Waals surface area contributed by atoms with E-state index >= 15 is 0 Å². The molecular weight excluding hydrogens is 268 g/mol. The smallest absolute Gasteiger partial charge is 0.231 e. The number of hydrogen-bond donors (Lipinski definition) is 3. The topological polar surface area (TPSA) is 86.2 Å². The van der Waals surface area contributed by atoms with E-state index in [0.717, 1.165) is 32.5 Å². The summed E-state index contributed by atoms with van der Waals surface area (Å²) in [6, 6.07) is 0.207. The van der Waals surface area contributed by atoms with Crippen LogP contribution < -0.4 is 15.5 Å². The van der Waals surface area contributed by atoms with Crippen LogP contribution in [0.5, 0.6) is 0 Å². The Bertz CT molecular complexity index is 410. The monoisotopic (exact) mass is 296 g/mol. The molecule has 1 rings (SSSR count). The van der Waals surface area contributed by atoms with Crippen molar-refractivity contribution in [2.45, 2.75) is 46.6 Å². The summed E-state index contributed by atoms with van der Waals surface area (Å²) in [6.07, 6.45) is 1.64. The van der Waals surface area contributed by atoms with Crippen molar-refractivity contribution in [1.29, 1.82) is 0 Å². The van der Waals surface area contributed by atoms with Crippen LogP contribution in [0.4, 0.5) is 17.8 Å².